The first-order valence-electron chi connectivity index (χ1n) is 4.06. The molecule has 0 radical (unpaired) electrons. The van der Waals surface area contributed by atoms with Crippen LogP contribution in [0.2, 0.25) is 0 Å². The Morgan fingerprint density at radius 2 is 1.80 bits per heavy atom. The van der Waals surface area contributed by atoms with Crippen LogP contribution in [0.5, 0.6) is 0 Å². The third-order valence-corrected chi connectivity index (χ3v) is 1.93. The van der Waals surface area contributed by atoms with E-state index in [9.17, 15) is 0 Å². The highest BCUT2D eigenvalue weighted by atomic mass is 14.7. The first-order valence-corrected chi connectivity index (χ1v) is 4.06. The number of rotatable bonds is 0. The van der Waals surface area contributed by atoms with Crippen LogP contribution >= 0.6 is 0 Å². The van der Waals surface area contributed by atoms with Gasteiger partial charge in [0.2, 0.25) is 0 Å². The summed E-state index contributed by atoms with van der Waals surface area (Å²) in [6, 6.07) is 0.514. The molecule has 1 saturated carbocycles. The average molecular weight is 144 g/mol. The fraction of sp³-hybridized carbons (Fsp3) is 1.00. The van der Waals surface area contributed by atoms with Crippen molar-refractivity contribution in [3.63, 3.8) is 0 Å². The van der Waals surface area contributed by atoms with Gasteiger partial charge >= 0.3 is 0 Å². The molecule has 1 fully saturated rings. The van der Waals surface area contributed by atoms with Gasteiger partial charge in [0.1, 0.15) is 0 Å². The van der Waals surface area contributed by atoms with Crippen molar-refractivity contribution in [1.82, 2.24) is 5.32 Å². The normalized spacial score (nSPS) is 31.2. The average Bonchev–Trinajstić information content (AvgIpc) is 2.19. The predicted octanol–water partition coefficient (Wildman–Crippen LogP) is 0.969. The molecular weight excluding hydrogens is 124 g/mol. The topological polar surface area (TPSA) is 38.0 Å². The Bertz CT molecular complexity index is 65.7. The van der Waals surface area contributed by atoms with Gasteiger partial charge in [-0.15, -0.1) is 0 Å². The Morgan fingerprint density at radius 1 is 1.30 bits per heavy atom. The maximum Gasteiger partial charge on any atom is 0.00645 e. The second-order valence-electron chi connectivity index (χ2n) is 3.07. The third kappa shape index (κ3) is 3.85. The lowest BCUT2D eigenvalue weighted by Gasteiger charge is -2.05. The Kier molecular flexibility index (Phi) is 5.64. The summed E-state index contributed by atoms with van der Waals surface area (Å²) in [5.41, 5.74) is 5.68. The van der Waals surface area contributed by atoms with E-state index in [0.29, 0.717) is 6.04 Å². The second kappa shape index (κ2) is 5.69. The minimum absolute atomic E-state index is 0.514. The fourth-order valence-corrected chi connectivity index (χ4v) is 1.17. The van der Waals surface area contributed by atoms with Crippen LogP contribution in [-0.2, 0) is 0 Å². The molecule has 0 aliphatic heterocycles. The van der Waals surface area contributed by atoms with Crippen LogP contribution in [0.1, 0.15) is 26.2 Å². The van der Waals surface area contributed by atoms with E-state index >= 15 is 0 Å². The Morgan fingerprint density at radius 3 is 1.90 bits per heavy atom. The summed E-state index contributed by atoms with van der Waals surface area (Å²) in [4.78, 5) is 0. The van der Waals surface area contributed by atoms with Gasteiger partial charge in [0.15, 0.2) is 0 Å². The summed E-state index contributed by atoms with van der Waals surface area (Å²) in [5.74, 6) is 0.792. The quantitative estimate of drug-likeness (QED) is 0.531. The summed E-state index contributed by atoms with van der Waals surface area (Å²) in [6.45, 7) is 2.23. The van der Waals surface area contributed by atoms with Crippen molar-refractivity contribution in [3.8, 4) is 0 Å². The maximum atomic E-state index is 5.68. The van der Waals surface area contributed by atoms with Crippen molar-refractivity contribution >= 4 is 0 Å². The fourth-order valence-electron chi connectivity index (χ4n) is 1.17. The van der Waals surface area contributed by atoms with Crippen molar-refractivity contribution < 1.29 is 0 Å². The van der Waals surface area contributed by atoms with Gasteiger partial charge in [0.05, 0.1) is 0 Å². The highest BCUT2D eigenvalue weighted by Crippen LogP contribution is 2.22. The van der Waals surface area contributed by atoms with Crippen LogP contribution < -0.4 is 11.1 Å². The molecule has 10 heavy (non-hydrogen) atoms. The molecule has 0 aromatic rings. The van der Waals surface area contributed by atoms with E-state index in [1.807, 2.05) is 14.1 Å². The summed E-state index contributed by atoms with van der Waals surface area (Å²) >= 11 is 0. The van der Waals surface area contributed by atoms with Crippen molar-refractivity contribution in [1.29, 1.82) is 0 Å². The monoisotopic (exact) mass is 144 g/mol. The van der Waals surface area contributed by atoms with Crippen LogP contribution in [0.25, 0.3) is 0 Å². The minimum Gasteiger partial charge on any atom is -0.327 e. The van der Waals surface area contributed by atoms with Gasteiger partial charge in [-0.3, -0.25) is 0 Å². The molecule has 0 heterocycles. The SMILES string of the molecule is CC1CCCC1N.CNC. The van der Waals surface area contributed by atoms with Crippen LogP contribution in [0, 0.1) is 5.92 Å². The molecule has 1 aliphatic carbocycles. The molecule has 1 aliphatic rings. The van der Waals surface area contributed by atoms with Crippen LogP contribution in [-0.4, -0.2) is 20.1 Å². The van der Waals surface area contributed by atoms with Gasteiger partial charge in [-0.05, 0) is 32.9 Å². The summed E-state index contributed by atoms with van der Waals surface area (Å²) in [6.07, 6.45) is 3.95. The largest absolute Gasteiger partial charge is 0.327 e. The number of hydrogen-bond acceptors (Lipinski definition) is 2. The zero-order valence-electron chi connectivity index (χ0n) is 7.35. The van der Waals surface area contributed by atoms with E-state index in [0.717, 1.165) is 5.92 Å². The number of nitrogens with two attached hydrogens (primary N) is 1. The Balaban J connectivity index is 0.000000236. The zero-order chi connectivity index (χ0) is 7.98. The van der Waals surface area contributed by atoms with Crippen molar-refractivity contribution in [2.75, 3.05) is 14.1 Å². The van der Waals surface area contributed by atoms with E-state index in [2.05, 4.69) is 12.2 Å². The standard InChI is InChI=1S/C6H13N.C2H7N/c1-5-3-2-4-6(5)7;1-3-2/h5-6H,2-4,7H2,1H3;3H,1-2H3. The third-order valence-electron chi connectivity index (χ3n) is 1.93. The van der Waals surface area contributed by atoms with Gasteiger partial charge < -0.3 is 11.1 Å². The van der Waals surface area contributed by atoms with E-state index in [-0.39, 0.29) is 0 Å². The second-order valence-corrected chi connectivity index (χ2v) is 3.07. The van der Waals surface area contributed by atoms with Crippen LogP contribution in [0.4, 0.5) is 0 Å². The van der Waals surface area contributed by atoms with E-state index in [4.69, 9.17) is 5.73 Å². The lowest BCUT2D eigenvalue weighted by molar-refractivity contribution is 0.527. The van der Waals surface area contributed by atoms with Crippen molar-refractivity contribution in [2.45, 2.75) is 32.2 Å². The highest BCUT2D eigenvalue weighted by molar-refractivity contribution is 4.75. The summed E-state index contributed by atoms with van der Waals surface area (Å²) in [7, 11) is 3.75. The summed E-state index contributed by atoms with van der Waals surface area (Å²) in [5, 5.41) is 2.75. The molecule has 2 nitrogen and oxygen atoms in total. The lowest BCUT2D eigenvalue weighted by atomic mass is 10.1. The van der Waals surface area contributed by atoms with Gasteiger partial charge in [0.25, 0.3) is 0 Å². The smallest absolute Gasteiger partial charge is 0.00645 e. The molecule has 2 heteroatoms. The van der Waals surface area contributed by atoms with Gasteiger partial charge in [0, 0.05) is 6.04 Å². The molecule has 0 spiro atoms. The molecule has 3 N–H and O–H groups in total. The maximum absolute atomic E-state index is 5.68. The summed E-state index contributed by atoms with van der Waals surface area (Å²) < 4.78 is 0. The molecule has 0 aromatic carbocycles. The van der Waals surface area contributed by atoms with Crippen LogP contribution in [0.3, 0.4) is 0 Å². The van der Waals surface area contributed by atoms with E-state index in [1.54, 1.807) is 0 Å². The lowest BCUT2D eigenvalue weighted by Crippen LogP contribution is -2.21. The first kappa shape index (κ1) is 9.92. The predicted molar refractivity (Wildman–Crippen MR) is 46.0 cm³/mol. The van der Waals surface area contributed by atoms with Crippen molar-refractivity contribution in [2.24, 2.45) is 11.7 Å². The Labute approximate surface area is 64.2 Å². The molecule has 0 bridgehead atoms. The molecule has 1 rings (SSSR count). The molecular formula is C8H20N2. The number of hydrogen-bond donors (Lipinski definition) is 2. The number of nitrogens with one attached hydrogen (secondary N) is 1. The van der Waals surface area contributed by atoms with E-state index < -0.39 is 0 Å². The van der Waals surface area contributed by atoms with Gasteiger partial charge in [-0.2, -0.15) is 0 Å². The highest BCUT2D eigenvalue weighted by Gasteiger charge is 2.18. The molecule has 2 unspecified atom stereocenters. The zero-order valence-corrected chi connectivity index (χ0v) is 7.35. The van der Waals surface area contributed by atoms with E-state index in [1.165, 1.54) is 19.3 Å². The molecule has 0 aromatic heterocycles. The minimum atomic E-state index is 0.514. The van der Waals surface area contributed by atoms with Crippen LogP contribution in [0.15, 0.2) is 0 Å². The first-order chi connectivity index (χ1) is 4.72. The van der Waals surface area contributed by atoms with Gasteiger partial charge in [-0.1, -0.05) is 13.3 Å². The molecule has 0 saturated heterocycles. The van der Waals surface area contributed by atoms with Crippen molar-refractivity contribution in [3.05, 3.63) is 0 Å². The molecule has 0 amide bonds. The molecule has 62 valence electrons. The Hall–Kier alpha value is -0.0800. The van der Waals surface area contributed by atoms with Gasteiger partial charge in [-0.25, -0.2) is 0 Å². The molecule has 2 atom stereocenters.